The van der Waals surface area contributed by atoms with Crippen molar-refractivity contribution < 1.29 is 4.74 Å². The fraction of sp³-hybridized carbons (Fsp3) is 0.500. The zero-order valence-electron chi connectivity index (χ0n) is 7.94. The lowest BCUT2D eigenvalue weighted by Crippen LogP contribution is -2.08. The molecule has 0 bridgehead atoms. The molecule has 0 aliphatic heterocycles. The van der Waals surface area contributed by atoms with Crippen LogP contribution in [0.3, 0.4) is 0 Å². The molecule has 2 N–H and O–H groups in total. The Morgan fingerprint density at radius 3 is 2.69 bits per heavy atom. The summed E-state index contributed by atoms with van der Waals surface area (Å²) >= 11 is 1.44. The third kappa shape index (κ3) is 3.10. The summed E-state index contributed by atoms with van der Waals surface area (Å²) in [5, 5.41) is 0.635. The summed E-state index contributed by atoms with van der Waals surface area (Å²) in [5.41, 5.74) is 5.57. The van der Waals surface area contributed by atoms with Crippen molar-refractivity contribution in [3.63, 3.8) is 0 Å². The molecule has 0 amide bonds. The molecule has 1 aromatic heterocycles. The smallest absolute Gasteiger partial charge is 0.219 e. The van der Waals surface area contributed by atoms with Gasteiger partial charge in [0.05, 0.1) is 6.10 Å². The summed E-state index contributed by atoms with van der Waals surface area (Å²) in [5.74, 6) is 0.974. The number of hydrogen-bond donors (Lipinski definition) is 1. The van der Waals surface area contributed by atoms with Gasteiger partial charge in [0.2, 0.25) is 5.88 Å². The van der Waals surface area contributed by atoms with Gasteiger partial charge in [0.15, 0.2) is 5.16 Å². The largest absolute Gasteiger partial charge is 0.475 e. The molecule has 0 fully saturated rings. The Balaban J connectivity index is 2.88. The number of hydrogen-bond acceptors (Lipinski definition) is 5. The van der Waals surface area contributed by atoms with E-state index in [1.54, 1.807) is 6.07 Å². The van der Waals surface area contributed by atoms with E-state index < -0.39 is 0 Å². The number of thioether (sulfide) groups is 1. The maximum absolute atomic E-state index is 5.57. The summed E-state index contributed by atoms with van der Waals surface area (Å²) in [6.45, 7) is 3.88. The molecule has 1 heterocycles. The summed E-state index contributed by atoms with van der Waals surface area (Å²) in [4.78, 5) is 8.15. The van der Waals surface area contributed by atoms with Gasteiger partial charge in [0, 0.05) is 6.07 Å². The molecule has 1 aromatic rings. The van der Waals surface area contributed by atoms with E-state index in [-0.39, 0.29) is 6.10 Å². The lowest BCUT2D eigenvalue weighted by Gasteiger charge is -2.09. The van der Waals surface area contributed by atoms with Gasteiger partial charge in [-0.3, -0.25) is 0 Å². The Bertz CT molecular complexity index is 291. The van der Waals surface area contributed by atoms with E-state index in [9.17, 15) is 0 Å². The summed E-state index contributed by atoms with van der Waals surface area (Å²) < 4.78 is 5.39. The van der Waals surface area contributed by atoms with Gasteiger partial charge in [-0.05, 0) is 20.1 Å². The van der Waals surface area contributed by atoms with Crippen LogP contribution in [-0.4, -0.2) is 22.3 Å². The van der Waals surface area contributed by atoms with Crippen molar-refractivity contribution in [1.29, 1.82) is 0 Å². The van der Waals surface area contributed by atoms with Crippen LogP contribution in [0.25, 0.3) is 0 Å². The predicted molar refractivity (Wildman–Crippen MR) is 54.0 cm³/mol. The van der Waals surface area contributed by atoms with Crippen LogP contribution in [0, 0.1) is 0 Å². The number of nitrogen functional groups attached to an aromatic ring is 1. The molecule has 5 heteroatoms. The first-order valence-electron chi connectivity index (χ1n) is 3.97. The molecule has 0 radical (unpaired) electrons. The van der Waals surface area contributed by atoms with Crippen molar-refractivity contribution in [3.8, 4) is 5.88 Å². The van der Waals surface area contributed by atoms with Gasteiger partial charge < -0.3 is 10.5 Å². The van der Waals surface area contributed by atoms with Crippen LogP contribution in [0.2, 0.25) is 0 Å². The number of ether oxygens (including phenoxy) is 1. The van der Waals surface area contributed by atoms with E-state index in [1.165, 1.54) is 11.8 Å². The van der Waals surface area contributed by atoms with E-state index in [1.807, 2.05) is 20.1 Å². The minimum Gasteiger partial charge on any atom is -0.475 e. The van der Waals surface area contributed by atoms with E-state index in [0.717, 1.165) is 0 Å². The summed E-state index contributed by atoms with van der Waals surface area (Å²) in [6, 6.07) is 1.62. The van der Waals surface area contributed by atoms with Crippen molar-refractivity contribution in [2.75, 3.05) is 12.0 Å². The van der Waals surface area contributed by atoms with Crippen LogP contribution < -0.4 is 10.5 Å². The monoisotopic (exact) mass is 199 g/mol. The summed E-state index contributed by atoms with van der Waals surface area (Å²) in [6.07, 6.45) is 2.00. The molecular formula is C8H13N3OS. The second kappa shape index (κ2) is 4.32. The number of aromatic nitrogens is 2. The van der Waals surface area contributed by atoms with Crippen LogP contribution in [0.4, 0.5) is 5.82 Å². The fourth-order valence-corrected chi connectivity index (χ4v) is 1.19. The van der Waals surface area contributed by atoms with E-state index in [4.69, 9.17) is 10.5 Å². The molecule has 13 heavy (non-hydrogen) atoms. The highest BCUT2D eigenvalue weighted by molar-refractivity contribution is 7.98. The van der Waals surface area contributed by atoms with Gasteiger partial charge in [-0.1, -0.05) is 11.8 Å². The summed E-state index contributed by atoms with van der Waals surface area (Å²) in [7, 11) is 0. The quantitative estimate of drug-likeness (QED) is 0.591. The second-order valence-corrected chi connectivity index (χ2v) is 3.56. The van der Waals surface area contributed by atoms with Gasteiger partial charge in [-0.2, -0.15) is 4.98 Å². The van der Waals surface area contributed by atoms with Crippen LogP contribution in [0.1, 0.15) is 13.8 Å². The molecular weight excluding hydrogens is 186 g/mol. The fourth-order valence-electron chi connectivity index (χ4n) is 0.814. The average Bonchev–Trinajstić information content (AvgIpc) is 2.01. The molecule has 1 rings (SSSR count). The molecule has 0 aliphatic carbocycles. The van der Waals surface area contributed by atoms with Crippen molar-refractivity contribution >= 4 is 17.6 Å². The van der Waals surface area contributed by atoms with E-state index in [2.05, 4.69) is 9.97 Å². The Kier molecular flexibility index (Phi) is 3.36. The zero-order valence-corrected chi connectivity index (χ0v) is 8.76. The first-order chi connectivity index (χ1) is 6.11. The SMILES string of the molecule is CSc1nc(N)cc(OC(C)C)n1. The third-order valence-electron chi connectivity index (χ3n) is 1.24. The van der Waals surface area contributed by atoms with Crippen molar-refractivity contribution in [1.82, 2.24) is 9.97 Å². The molecule has 72 valence electrons. The standard InChI is InChI=1S/C8H13N3OS/c1-5(2)12-7-4-6(9)10-8(11-7)13-3/h4-5H,1-3H3,(H2,9,10,11). The highest BCUT2D eigenvalue weighted by Gasteiger charge is 2.03. The molecule has 0 saturated heterocycles. The minimum absolute atomic E-state index is 0.101. The first kappa shape index (κ1) is 10.1. The Labute approximate surface area is 81.9 Å². The second-order valence-electron chi connectivity index (χ2n) is 2.78. The van der Waals surface area contributed by atoms with E-state index >= 15 is 0 Å². The zero-order chi connectivity index (χ0) is 9.84. The Hall–Kier alpha value is -0.970. The molecule has 0 aromatic carbocycles. The normalized spacial score (nSPS) is 10.5. The van der Waals surface area contributed by atoms with Gasteiger partial charge in [0.25, 0.3) is 0 Å². The van der Waals surface area contributed by atoms with Crippen molar-refractivity contribution in [2.45, 2.75) is 25.1 Å². The molecule has 0 unspecified atom stereocenters. The molecule has 0 atom stereocenters. The van der Waals surface area contributed by atoms with Crippen LogP contribution >= 0.6 is 11.8 Å². The van der Waals surface area contributed by atoms with Crippen LogP contribution in [-0.2, 0) is 0 Å². The topological polar surface area (TPSA) is 61.0 Å². The highest BCUT2D eigenvalue weighted by Crippen LogP contribution is 2.17. The maximum Gasteiger partial charge on any atom is 0.219 e. The van der Waals surface area contributed by atoms with Gasteiger partial charge in [-0.15, -0.1) is 0 Å². The molecule has 4 nitrogen and oxygen atoms in total. The predicted octanol–water partition coefficient (Wildman–Crippen LogP) is 1.57. The van der Waals surface area contributed by atoms with Crippen molar-refractivity contribution in [3.05, 3.63) is 6.07 Å². The highest BCUT2D eigenvalue weighted by atomic mass is 32.2. The molecule has 0 aliphatic rings. The number of rotatable bonds is 3. The number of nitrogens with two attached hydrogens (primary N) is 1. The van der Waals surface area contributed by atoms with Crippen molar-refractivity contribution in [2.24, 2.45) is 0 Å². The number of anilines is 1. The third-order valence-corrected chi connectivity index (χ3v) is 1.79. The van der Waals surface area contributed by atoms with Gasteiger partial charge in [-0.25, -0.2) is 4.98 Å². The van der Waals surface area contributed by atoms with Crippen LogP contribution in [0.15, 0.2) is 11.2 Å². The number of nitrogens with zero attached hydrogens (tertiary/aromatic N) is 2. The minimum atomic E-state index is 0.101. The van der Waals surface area contributed by atoms with E-state index in [0.29, 0.717) is 16.9 Å². The maximum atomic E-state index is 5.57. The lowest BCUT2D eigenvalue weighted by molar-refractivity contribution is 0.230. The van der Waals surface area contributed by atoms with Crippen LogP contribution in [0.5, 0.6) is 5.88 Å². The Morgan fingerprint density at radius 2 is 2.15 bits per heavy atom. The first-order valence-corrected chi connectivity index (χ1v) is 5.19. The van der Waals surface area contributed by atoms with Gasteiger partial charge in [0.1, 0.15) is 5.82 Å². The molecule has 0 spiro atoms. The van der Waals surface area contributed by atoms with Gasteiger partial charge >= 0.3 is 0 Å². The Morgan fingerprint density at radius 1 is 1.46 bits per heavy atom. The average molecular weight is 199 g/mol. The molecule has 0 saturated carbocycles. The lowest BCUT2D eigenvalue weighted by atomic mass is 10.5.